The van der Waals surface area contributed by atoms with Crippen LogP contribution in [-0.4, -0.2) is 36.1 Å². The topological polar surface area (TPSA) is 49.9 Å². The van der Waals surface area contributed by atoms with Gasteiger partial charge in [0.15, 0.2) is 4.87 Å². The quantitative estimate of drug-likeness (QED) is 0.520. The monoisotopic (exact) mass is 482 g/mol. The Morgan fingerprint density at radius 1 is 1.12 bits per heavy atom. The van der Waals surface area contributed by atoms with Crippen molar-refractivity contribution < 1.29 is 18.7 Å². The van der Waals surface area contributed by atoms with E-state index in [4.69, 9.17) is 16.3 Å². The van der Waals surface area contributed by atoms with Gasteiger partial charge in [-0.2, -0.15) is 0 Å². The van der Waals surface area contributed by atoms with Gasteiger partial charge in [-0.3, -0.25) is 9.59 Å². The molecule has 2 amide bonds. The lowest BCUT2D eigenvalue weighted by molar-refractivity contribution is -0.123. The van der Waals surface area contributed by atoms with Crippen LogP contribution in [0.3, 0.4) is 0 Å². The molecular formula is C25H20ClFN2O3S. The van der Waals surface area contributed by atoms with E-state index in [-0.39, 0.29) is 24.2 Å². The molecule has 33 heavy (non-hydrogen) atoms. The minimum atomic E-state index is -1.19. The summed E-state index contributed by atoms with van der Waals surface area (Å²) in [7, 11) is 1.57. The fourth-order valence-corrected chi connectivity index (χ4v) is 5.98. The predicted molar refractivity (Wildman–Crippen MR) is 127 cm³/mol. The number of benzene rings is 3. The first kappa shape index (κ1) is 21.8. The third-order valence-corrected chi connectivity index (χ3v) is 7.66. The standard InChI is InChI=1S/C25H20ClFN2O3S/c1-32-20-10-11-22-21(14-20)25(24(31)28(22)15-16-2-8-19(27)9-3-16)29(12-13-33-25)23(30)17-4-6-18(26)7-5-17/h2-11,14H,12-13,15H2,1H3/t25-/m1/s1. The van der Waals surface area contributed by atoms with Gasteiger partial charge in [0, 0.05) is 28.4 Å². The Kier molecular flexibility index (Phi) is 5.54. The van der Waals surface area contributed by atoms with E-state index < -0.39 is 4.87 Å². The van der Waals surface area contributed by atoms with Crippen molar-refractivity contribution in [3.8, 4) is 5.75 Å². The van der Waals surface area contributed by atoms with Gasteiger partial charge in [0.1, 0.15) is 11.6 Å². The van der Waals surface area contributed by atoms with Crippen LogP contribution >= 0.6 is 23.4 Å². The molecule has 168 valence electrons. The van der Waals surface area contributed by atoms with Crippen LogP contribution in [0.15, 0.2) is 66.7 Å². The van der Waals surface area contributed by atoms with Crippen molar-refractivity contribution in [3.63, 3.8) is 0 Å². The zero-order valence-corrected chi connectivity index (χ0v) is 19.3. The van der Waals surface area contributed by atoms with Gasteiger partial charge in [0.05, 0.1) is 19.3 Å². The molecule has 1 fully saturated rings. The Balaban J connectivity index is 1.60. The summed E-state index contributed by atoms with van der Waals surface area (Å²) in [5.74, 6) is 0.462. The number of methoxy groups -OCH3 is 1. The Hall–Kier alpha value is -3.03. The zero-order valence-electron chi connectivity index (χ0n) is 17.8. The molecule has 8 heteroatoms. The molecule has 0 aliphatic carbocycles. The first-order valence-corrected chi connectivity index (χ1v) is 11.8. The summed E-state index contributed by atoms with van der Waals surface area (Å²) in [6, 6.07) is 18.2. The average Bonchev–Trinajstić information content (AvgIpc) is 3.37. The number of rotatable bonds is 4. The number of fused-ring (bicyclic) bond motifs is 2. The summed E-state index contributed by atoms with van der Waals surface area (Å²) >= 11 is 7.44. The second-order valence-electron chi connectivity index (χ2n) is 7.86. The molecule has 5 nitrogen and oxygen atoms in total. The Bertz CT molecular complexity index is 1240. The number of hydrogen-bond acceptors (Lipinski definition) is 4. The van der Waals surface area contributed by atoms with E-state index >= 15 is 0 Å². The third kappa shape index (κ3) is 3.56. The van der Waals surface area contributed by atoms with Crippen LogP contribution in [0.25, 0.3) is 0 Å². The largest absolute Gasteiger partial charge is 0.497 e. The van der Waals surface area contributed by atoms with Gasteiger partial charge in [0.25, 0.3) is 11.8 Å². The van der Waals surface area contributed by atoms with Crippen molar-refractivity contribution in [2.75, 3.05) is 24.3 Å². The molecule has 0 N–H and O–H groups in total. The van der Waals surface area contributed by atoms with Crippen LogP contribution in [0, 0.1) is 5.82 Å². The summed E-state index contributed by atoms with van der Waals surface area (Å²) in [5, 5.41) is 0.537. The molecule has 0 saturated carbocycles. The van der Waals surface area contributed by atoms with Crippen LogP contribution in [0.5, 0.6) is 5.75 Å². The van der Waals surface area contributed by atoms with E-state index in [1.165, 1.54) is 23.9 Å². The first-order chi connectivity index (χ1) is 15.9. The van der Waals surface area contributed by atoms with Crippen LogP contribution < -0.4 is 9.64 Å². The number of thioether (sulfide) groups is 1. The van der Waals surface area contributed by atoms with Gasteiger partial charge in [-0.25, -0.2) is 4.39 Å². The van der Waals surface area contributed by atoms with Gasteiger partial charge in [-0.05, 0) is 60.2 Å². The number of halogens is 2. The molecule has 0 unspecified atom stereocenters. The minimum absolute atomic E-state index is 0.195. The van der Waals surface area contributed by atoms with Crippen LogP contribution in [0.4, 0.5) is 10.1 Å². The molecule has 0 aromatic heterocycles. The Morgan fingerprint density at radius 2 is 1.85 bits per heavy atom. The van der Waals surface area contributed by atoms with Crippen molar-refractivity contribution >= 4 is 40.9 Å². The van der Waals surface area contributed by atoms with Crippen LogP contribution in [0.1, 0.15) is 21.5 Å². The maximum absolute atomic E-state index is 14.0. The lowest BCUT2D eigenvalue weighted by Gasteiger charge is -2.33. The van der Waals surface area contributed by atoms with Gasteiger partial charge in [-0.15, -0.1) is 11.8 Å². The number of carbonyl (C=O) groups excluding carboxylic acids is 2. The van der Waals surface area contributed by atoms with Gasteiger partial charge >= 0.3 is 0 Å². The van der Waals surface area contributed by atoms with Crippen LogP contribution in [0.2, 0.25) is 5.02 Å². The van der Waals surface area contributed by atoms with E-state index in [0.29, 0.717) is 34.3 Å². The Morgan fingerprint density at radius 3 is 2.55 bits per heavy atom. The molecule has 3 aromatic rings. The van der Waals surface area contributed by atoms with E-state index in [9.17, 15) is 14.0 Å². The Labute approximate surface area is 200 Å². The summed E-state index contributed by atoms with van der Waals surface area (Å²) < 4.78 is 18.9. The SMILES string of the molecule is COc1ccc2c(c1)[C@@]1(SCCN1C(=O)c1ccc(Cl)cc1)C(=O)N2Cc1ccc(F)cc1. The number of ether oxygens (including phenoxy) is 1. The highest BCUT2D eigenvalue weighted by Gasteiger charge is 2.59. The van der Waals surface area contributed by atoms with Gasteiger partial charge in [0.2, 0.25) is 0 Å². The molecule has 0 radical (unpaired) electrons. The van der Waals surface area contributed by atoms with Crippen molar-refractivity contribution in [1.29, 1.82) is 0 Å². The van der Waals surface area contributed by atoms with E-state index in [1.54, 1.807) is 59.4 Å². The van der Waals surface area contributed by atoms with Crippen molar-refractivity contribution in [3.05, 3.63) is 94.3 Å². The maximum atomic E-state index is 14.0. The lowest BCUT2D eigenvalue weighted by Crippen LogP contribution is -2.50. The van der Waals surface area contributed by atoms with E-state index in [0.717, 1.165) is 11.1 Å². The van der Waals surface area contributed by atoms with Crippen molar-refractivity contribution in [2.45, 2.75) is 11.4 Å². The predicted octanol–water partition coefficient (Wildman–Crippen LogP) is 5.08. The summed E-state index contributed by atoms with van der Waals surface area (Å²) in [6.07, 6.45) is 0. The smallest absolute Gasteiger partial charge is 0.268 e. The molecule has 1 atom stereocenters. The fraction of sp³-hybridized carbons (Fsp3) is 0.200. The number of hydrogen-bond donors (Lipinski definition) is 0. The molecule has 3 aromatic carbocycles. The van der Waals surface area contributed by atoms with E-state index in [1.807, 2.05) is 12.1 Å². The van der Waals surface area contributed by atoms with Crippen molar-refractivity contribution in [2.24, 2.45) is 0 Å². The van der Waals surface area contributed by atoms with E-state index in [2.05, 4.69) is 0 Å². The highest BCUT2D eigenvalue weighted by Crippen LogP contribution is 2.55. The highest BCUT2D eigenvalue weighted by atomic mass is 35.5. The van der Waals surface area contributed by atoms with Crippen molar-refractivity contribution in [1.82, 2.24) is 4.90 Å². The molecule has 1 spiro atoms. The molecule has 2 heterocycles. The first-order valence-electron chi connectivity index (χ1n) is 10.4. The second-order valence-corrected chi connectivity index (χ2v) is 9.58. The summed E-state index contributed by atoms with van der Waals surface area (Å²) in [5.41, 5.74) is 2.70. The number of amides is 2. The van der Waals surface area contributed by atoms with Gasteiger partial charge in [-0.1, -0.05) is 23.7 Å². The maximum Gasteiger partial charge on any atom is 0.268 e. The molecule has 5 rings (SSSR count). The molecule has 1 saturated heterocycles. The highest BCUT2D eigenvalue weighted by molar-refractivity contribution is 8.01. The summed E-state index contributed by atoms with van der Waals surface area (Å²) in [4.78, 5) is 29.7. The zero-order chi connectivity index (χ0) is 23.2. The fourth-order valence-electron chi connectivity index (χ4n) is 4.40. The van der Waals surface area contributed by atoms with Gasteiger partial charge < -0.3 is 14.5 Å². The lowest BCUT2D eigenvalue weighted by atomic mass is 10.0. The molecule has 2 aliphatic rings. The second kappa shape index (κ2) is 8.39. The number of anilines is 1. The average molecular weight is 483 g/mol. The number of carbonyl (C=O) groups is 2. The molecular weight excluding hydrogens is 463 g/mol. The minimum Gasteiger partial charge on any atom is -0.497 e. The third-order valence-electron chi connectivity index (χ3n) is 5.99. The normalized spacial score (nSPS) is 19.3. The molecule has 2 aliphatic heterocycles. The number of nitrogens with zero attached hydrogens (tertiary/aromatic N) is 2. The summed E-state index contributed by atoms with van der Waals surface area (Å²) in [6.45, 7) is 0.697. The van der Waals surface area contributed by atoms with Crippen LogP contribution in [-0.2, 0) is 16.2 Å². The molecule has 0 bridgehead atoms.